The molecule has 1 amide bonds. The minimum atomic E-state index is -0.196. The van der Waals surface area contributed by atoms with Crippen LogP contribution in [0.3, 0.4) is 0 Å². The molecule has 0 aliphatic carbocycles. The Labute approximate surface area is 125 Å². The van der Waals surface area contributed by atoms with Gasteiger partial charge in [0.25, 0.3) is 0 Å². The average molecular weight is 283 g/mol. The zero-order valence-corrected chi connectivity index (χ0v) is 12.4. The summed E-state index contributed by atoms with van der Waals surface area (Å²) in [6.45, 7) is 4.17. The van der Waals surface area contributed by atoms with Crippen LogP contribution in [0.25, 0.3) is 0 Å². The number of benzene rings is 2. The monoisotopic (exact) mass is 283 g/mol. The van der Waals surface area contributed by atoms with Crippen molar-refractivity contribution in [2.75, 3.05) is 5.32 Å². The third kappa shape index (κ3) is 3.85. The summed E-state index contributed by atoms with van der Waals surface area (Å²) in [5.41, 5.74) is 1.63. The van der Waals surface area contributed by atoms with Crippen molar-refractivity contribution >= 4 is 11.6 Å². The molecule has 0 fully saturated rings. The van der Waals surface area contributed by atoms with Gasteiger partial charge in [-0.3, -0.25) is 4.79 Å². The SMILES string of the molecule is CCC(C)C(C(=O)Nc1cccc(O)c1)c1ccccc1. The fourth-order valence-corrected chi connectivity index (χ4v) is 2.44. The van der Waals surface area contributed by atoms with E-state index in [1.807, 2.05) is 30.3 Å². The number of carbonyl (C=O) groups is 1. The van der Waals surface area contributed by atoms with Crippen LogP contribution in [0.15, 0.2) is 54.6 Å². The Morgan fingerprint density at radius 1 is 1.14 bits per heavy atom. The third-order valence-corrected chi connectivity index (χ3v) is 3.77. The number of anilines is 1. The fourth-order valence-electron chi connectivity index (χ4n) is 2.44. The van der Waals surface area contributed by atoms with Crippen molar-refractivity contribution in [3.63, 3.8) is 0 Å². The van der Waals surface area contributed by atoms with Crippen molar-refractivity contribution in [1.29, 1.82) is 0 Å². The third-order valence-electron chi connectivity index (χ3n) is 3.77. The molecule has 0 spiro atoms. The first-order valence-electron chi connectivity index (χ1n) is 7.26. The molecule has 21 heavy (non-hydrogen) atoms. The molecular formula is C18H21NO2. The van der Waals surface area contributed by atoms with Crippen LogP contribution in [0.2, 0.25) is 0 Å². The number of rotatable bonds is 5. The van der Waals surface area contributed by atoms with Gasteiger partial charge in [-0.15, -0.1) is 0 Å². The van der Waals surface area contributed by atoms with E-state index in [-0.39, 0.29) is 23.5 Å². The lowest BCUT2D eigenvalue weighted by molar-refractivity contribution is -0.118. The molecular weight excluding hydrogens is 262 g/mol. The van der Waals surface area contributed by atoms with Crippen molar-refractivity contribution in [2.45, 2.75) is 26.2 Å². The van der Waals surface area contributed by atoms with Crippen molar-refractivity contribution < 1.29 is 9.90 Å². The smallest absolute Gasteiger partial charge is 0.232 e. The van der Waals surface area contributed by atoms with E-state index in [0.29, 0.717) is 5.69 Å². The van der Waals surface area contributed by atoms with Gasteiger partial charge in [0.2, 0.25) is 5.91 Å². The van der Waals surface area contributed by atoms with E-state index in [1.165, 1.54) is 0 Å². The van der Waals surface area contributed by atoms with Gasteiger partial charge >= 0.3 is 0 Å². The molecule has 0 aliphatic heterocycles. The second-order valence-corrected chi connectivity index (χ2v) is 5.31. The lowest BCUT2D eigenvalue weighted by atomic mass is 9.85. The maximum Gasteiger partial charge on any atom is 0.232 e. The first kappa shape index (κ1) is 15.1. The Kier molecular flexibility index (Phi) is 4.99. The molecule has 110 valence electrons. The number of hydrogen-bond donors (Lipinski definition) is 2. The first-order chi connectivity index (χ1) is 10.1. The van der Waals surface area contributed by atoms with Crippen molar-refractivity contribution in [2.24, 2.45) is 5.92 Å². The summed E-state index contributed by atoms with van der Waals surface area (Å²) in [7, 11) is 0. The number of aromatic hydroxyl groups is 1. The molecule has 2 aromatic rings. The van der Waals surface area contributed by atoms with Gasteiger partial charge in [-0.2, -0.15) is 0 Å². The quantitative estimate of drug-likeness (QED) is 0.865. The number of phenols is 1. The molecule has 0 saturated carbocycles. The predicted molar refractivity (Wildman–Crippen MR) is 85.4 cm³/mol. The minimum absolute atomic E-state index is 0.0406. The van der Waals surface area contributed by atoms with E-state index in [2.05, 4.69) is 19.2 Å². The van der Waals surface area contributed by atoms with Crippen molar-refractivity contribution in [3.8, 4) is 5.75 Å². The summed E-state index contributed by atoms with van der Waals surface area (Å²) in [6, 6.07) is 16.4. The zero-order chi connectivity index (χ0) is 15.2. The summed E-state index contributed by atoms with van der Waals surface area (Å²) in [4.78, 5) is 12.6. The largest absolute Gasteiger partial charge is 0.508 e. The molecule has 2 aromatic carbocycles. The lowest BCUT2D eigenvalue weighted by Gasteiger charge is -2.22. The van der Waals surface area contributed by atoms with Gasteiger partial charge in [0.15, 0.2) is 0 Å². The highest BCUT2D eigenvalue weighted by Crippen LogP contribution is 2.28. The molecule has 2 N–H and O–H groups in total. The van der Waals surface area contributed by atoms with E-state index in [4.69, 9.17) is 0 Å². The zero-order valence-electron chi connectivity index (χ0n) is 12.4. The number of carbonyl (C=O) groups excluding carboxylic acids is 1. The molecule has 3 nitrogen and oxygen atoms in total. The van der Waals surface area contributed by atoms with E-state index < -0.39 is 0 Å². The van der Waals surface area contributed by atoms with Crippen LogP contribution in [0.4, 0.5) is 5.69 Å². The van der Waals surface area contributed by atoms with Gasteiger partial charge in [-0.1, -0.05) is 56.7 Å². The van der Waals surface area contributed by atoms with E-state index in [0.717, 1.165) is 12.0 Å². The Bertz CT molecular complexity index is 595. The molecule has 3 heteroatoms. The van der Waals surface area contributed by atoms with Gasteiger partial charge in [0.05, 0.1) is 5.92 Å². The molecule has 0 radical (unpaired) electrons. The summed E-state index contributed by atoms with van der Waals surface area (Å²) >= 11 is 0. The number of hydrogen-bond acceptors (Lipinski definition) is 2. The Morgan fingerprint density at radius 3 is 2.48 bits per heavy atom. The highest BCUT2D eigenvalue weighted by Gasteiger charge is 2.25. The summed E-state index contributed by atoms with van der Waals surface area (Å²) in [5, 5.41) is 12.4. The number of amides is 1. The molecule has 0 saturated heterocycles. The van der Waals surface area contributed by atoms with Crippen LogP contribution in [-0.4, -0.2) is 11.0 Å². The van der Waals surface area contributed by atoms with Crippen LogP contribution >= 0.6 is 0 Å². The molecule has 0 aliphatic rings. The maximum atomic E-state index is 12.6. The normalized spacial score (nSPS) is 13.4. The van der Waals surface area contributed by atoms with Crippen LogP contribution in [0.1, 0.15) is 31.7 Å². The first-order valence-corrected chi connectivity index (χ1v) is 7.26. The minimum Gasteiger partial charge on any atom is -0.508 e. The molecule has 2 unspecified atom stereocenters. The number of phenolic OH excluding ortho intramolecular Hbond substituents is 1. The van der Waals surface area contributed by atoms with Gasteiger partial charge in [-0.25, -0.2) is 0 Å². The van der Waals surface area contributed by atoms with Gasteiger partial charge in [0.1, 0.15) is 5.75 Å². The fraction of sp³-hybridized carbons (Fsp3) is 0.278. The van der Waals surface area contributed by atoms with Gasteiger partial charge in [0, 0.05) is 11.8 Å². The second-order valence-electron chi connectivity index (χ2n) is 5.31. The molecule has 2 rings (SSSR count). The molecule has 0 heterocycles. The van der Waals surface area contributed by atoms with Gasteiger partial charge < -0.3 is 10.4 Å². The van der Waals surface area contributed by atoms with Crippen LogP contribution in [0.5, 0.6) is 5.75 Å². The Hall–Kier alpha value is -2.29. The van der Waals surface area contributed by atoms with E-state index in [9.17, 15) is 9.90 Å². The topological polar surface area (TPSA) is 49.3 Å². The number of nitrogens with one attached hydrogen (secondary N) is 1. The van der Waals surface area contributed by atoms with Crippen LogP contribution in [-0.2, 0) is 4.79 Å². The highest BCUT2D eigenvalue weighted by atomic mass is 16.3. The Balaban J connectivity index is 2.23. The van der Waals surface area contributed by atoms with E-state index >= 15 is 0 Å². The molecule has 0 aromatic heterocycles. The standard InChI is InChI=1S/C18H21NO2/c1-3-13(2)17(14-8-5-4-6-9-14)18(21)19-15-10-7-11-16(20)12-15/h4-13,17,20H,3H2,1-2H3,(H,19,21). The highest BCUT2D eigenvalue weighted by molar-refractivity contribution is 5.96. The second kappa shape index (κ2) is 6.93. The average Bonchev–Trinajstić information content (AvgIpc) is 2.48. The maximum absolute atomic E-state index is 12.6. The summed E-state index contributed by atoms with van der Waals surface area (Å²) < 4.78 is 0. The van der Waals surface area contributed by atoms with Gasteiger partial charge in [-0.05, 0) is 23.6 Å². The van der Waals surface area contributed by atoms with Crippen molar-refractivity contribution in [1.82, 2.24) is 0 Å². The lowest BCUT2D eigenvalue weighted by Crippen LogP contribution is -2.26. The van der Waals surface area contributed by atoms with Crippen LogP contribution < -0.4 is 5.32 Å². The van der Waals surface area contributed by atoms with Crippen molar-refractivity contribution in [3.05, 3.63) is 60.2 Å². The Morgan fingerprint density at radius 2 is 1.86 bits per heavy atom. The van der Waals surface area contributed by atoms with Crippen LogP contribution in [0, 0.1) is 5.92 Å². The summed E-state index contributed by atoms with van der Waals surface area (Å²) in [6.07, 6.45) is 0.924. The molecule has 2 atom stereocenters. The van der Waals surface area contributed by atoms with E-state index in [1.54, 1.807) is 24.3 Å². The summed E-state index contributed by atoms with van der Waals surface area (Å²) in [5.74, 6) is 0.150. The predicted octanol–water partition coefficient (Wildman–Crippen LogP) is 4.16. The molecule has 0 bridgehead atoms.